The zero-order valence-electron chi connectivity index (χ0n) is 11.5. The molecule has 2 atom stereocenters. The lowest BCUT2D eigenvalue weighted by molar-refractivity contribution is -0.0973. The fraction of sp³-hybridized carbons (Fsp3) is 0.846. The van der Waals surface area contributed by atoms with Gasteiger partial charge in [-0.1, -0.05) is 19.0 Å². The van der Waals surface area contributed by atoms with Crippen molar-refractivity contribution < 1.29 is 9.26 Å². The molecular weight excluding hydrogens is 230 g/mol. The number of rotatable bonds is 4. The van der Waals surface area contributed by atoms with Crippen LogP contribution in [0.3, 0.4) is 0 Å². The molecular formula is C13H23N3O2. The number of hydrogen-bond acceptors (Lipinski definition) is 5. The number of nitrogens with zero attached hydrogens (tertiary/aromatic N) is 2. The molecule has 102 valence electrons. The van der Waals surface area contributed by atoms with E-state index < -0.39 is 5.54 Å². The molecule has 1 fully saturated rings. The molecule has 0 aromatic carbocycles. The molecule has 1 aliphatic heterocycles. The summed E-state index contributed by atoms with van der Waals surface area (Å²) in [4.78, 5) is 4.44. The van der Waals surface area contributed by atoms with Crippen molar-refractivity contribution in [2.45, 2.75) is 64.0 Å². The average Bonchev–Trinajstić information content (AvgIpc) is 2.79. The summed E-state index contributed by atoms with van der Waals surface area (Å²) in [6.07, 6.45) is 4.22. The second-order valence-corrected chi connectivity index (χ2v) is 5.50. The molecule has 1 aliphatic rings. The summed E-state index contributed by atoms with van der Waals surface area (Å²) >= 11 is 0. The van der Waals surface area contributed by atoms with Crippen molar-refractivity contribution >= 4 is 0 Å². The van der Waals surface area contributed by atoms with E-state index in [-0.39, 0.29) is 5.60 Å². The molecule has 1 aromatic heterocycles. The van der Waals surface area contributed by atoms with Crippen LogP contribution in [-0.4, -0.2) is 22.3 Å². The van der Waals surface area contributed by atoms with Gasteiger partial charge in [0, 0.05) is 19.4 Å². The molecule has 0 saturated carbocycles. The molecule has 0 radical (unpaired) electrons. The highest BCUT2D eigenvalue weighted by Gasteiger charge is 2.43. The monoisotopic (exact) mass is 253 g/mol. The zero-order valence-corrected chi connectivity index (χ0v) is 11.5. The molecule has 0 amide bonds. The van der Waals surface area contributed by atoms with Crippen LogP contribution in [0, 0.1) is 0 Å². The minimum atomic E-state index is -0.515. The van der Waals surface area contributed by atoms with Crippen LogP contribution >= 0.6 is 0 Å². The third-order valence-electron chi connectivity index (χ3n) is 3.81. The van der Waals surface area contributed by atoms with E-state index in [1.165, 1.54) is 0 Å². The lowest BCUT2D eigenvalue weighted by Gasteiger charge is -2.42. The van der Waals surface area contributed by atoms with E-state index in [1.807, 2.05) is 0 Å². The van der Waals surface area contributed by atoms with Gasteiger partial charge in [-0.25, -0.2) is 0 Å². The number of ether oxygens (including phenoxy) is 1. The van der Waals surface area contributed by atoms with Gasteiger partial charge < -0.3 is 15.0 Å². The molecule has 2 rings (SSSR count). The highest BCUT2D eigenvalue weighted by Crippen LogP contribution is 2.38. The normalized spacial score (nSPS) is 32.7. The van der Waals surface area contributed by atoms with Gasteiger partial charge in [-0.3, -0.25) is 0 Å². The summed E-state index contributed by atoms with van der Waals surface area (Å²) in [5.41, 5.74) is 5.78. The Morgan fingerprint density at radius 2 is 2.17 bits per heavy atom. The van der Waals surface area contributed by atoms with Gasteiger partial charge in [0.25, 0.3) is 0 Å². The summed E-state index contributed by atoms with van der Waals surface area (Å²) in [6.45, 7) is 6.95. The first-order valence-electron chi connectivity index (χ1n) is 6.77. The Bertz CT molecular complexity index is 407. The van der Waals surface area contributed by atoms with Crippen LogP contribution in [-0.2, 0) is 16.7 Å². The van der Waals surface area contributed by atoms with E-state index in [1.54, 1.807) is 0 Å². The van der Waals surface area contributed by atoms with Crippen molar-refractivity contribution in [3.8, 4) is 0 Å². The zero-order chi connectivity index (χ0) is 13.2. The van der Waals surface area contributed by atoms with Gasteiger partial charge in [-0.2, -0.15) is 4.98 Å². The first-order valence-corrected chi connectivity index (χ1v) is 6.77. The van der Waals surface area contributed by atoms with Crippen LogP contribution in [0.15, 0.2) is 4.52 Å². The topological polar surface area (TPSA) is 74.2 Å². The van der Waals surface area contributed by atoms with E-state index >= 15 is 0 Å². The van der Waals surface area contributed by atoms with E-state index in [0.717, 1.165) is 32.1 Å². The summed E-state index contributed by atoms with van der Waals surface area (Å²) in [7, 11) is 0. The van der Waals surface area contributed by atoms with Gasteiger partial charge in [0.15, 0.2) is 5.82 Å². The maximum absolute atomic E-state index is 6.48. The molecule has 0 spiro atoms. The third-order valence-corrected chi connectivity index (χ3v) is 3.81. The van der Waals surface area contributed by atoms with Crippen molar-refractivity contribution in [2.24, 2.45) is 5.73 Å². The van der Waals surface area contributed by atoms with Gasteiger partial charge in [0.05, 0.1) is 11.1 Å². The Kier molecular flexibility index (Phi) is 3.73. The Balaban J connectivity index is 2.18. The lowest BCUT2D eigenvalue weighted by Crippen LogP contribution is -2.51. The minimum absolute atomic E-state index is 0.182. The lowest BCUT2D eigenvalue weighted by atomic mass is 9.79. The first kappa shape index (κ1) is 13.5. The van der Waals surface area contributed by atoms with Gasteiger partial charge in [-0.05, 0) is 26.2 Å². The summed E-state index contributed by atoms with van der Waals surface area (Å²) in [5.74, 6) is 1.32. The SMILES string of the molecule is CCCc1nc(C2(N)CCOC(C)(CC)C2)no1. The van der Waals surface area contributed by atoms with Crippen molar-refractivity contribution in [2.75, 3.05) is 6.61 Å². The van der Waals surface area contributed by atoms with Crippen molar-refractivity contribution in [1.29, 1.82) is 0 Å². The van der Waals surface area contributed by atoms with Crippen LogP contribution in [0.25, 0.3) is 0 Å². The Morgan fingerprint density at radius 1 is 1.39 bits per heavy atom. The van der Waals surface area contributed by atoms with E-state index in [0.29, 0.717) is 18.3 Å². The summed E-state index contributed by atoms with van der Waals surface area (Å²) in [6, 6.07) is 0. The predicted molar refractivity (Wildman–Crippen MR) is 68.0 cm³/mol. The van der Waals surface area contributed by atoms with E-state index in [9.17, 15) is 0 Å². The number of hydrogen-bond donors (Lipinski definition) is 1. The average molecular weight is 253 g/mol. The fourth-order valence-corrected chi connectivity index (χ4v) is 2.48. The largest absolute Gasteiger partial charge is 0.375 e. The summed E-state index contributed by atoms with van der Waals surface area (Å²) < 4.78 is 11.1. The van der Waals surface area contributed by atoms with Gasteiger partial charge in [-0.15, -0.1) is 0 Å². The van der Waals surface area contributed by atoms with Crippen molar-refractivity contribution in [1.82, 2.24) is 10.1 Å². The number of nitrogens with two attached hydrogens (primary N) is 1. The van der Waals surface area contributed by atoms with E-state index in [2.05, 4.69) is 30.9 Å². The second kappa shape index (κ2) is 4.97. The van der Waals surface area contributed by atoms with Crippen LogP contribution in [0.5, 0.6) is 0 Å². The third kappa shape index (κ3) is 2.57. The van der Waals surface area contributed by atoms with Crippen LogP contribution in [0.1, 0.15) is 58.2 Å². The van der Waals surface area contributed by atoms with Crippen molar-refractivity contribution in [3.05, 3.63) is 11.7 Å². The maximum Gasteiger partial charge on any atom is 0.226 e. The van der Waals surface area contributed by atoms with Gasteiger partial charge in [0.1, 0.15) is 0 Å². The molecule has 0 aliphatic carbocycles. The Labute approximate surface area is 108 Å². The molecule has 1 aromatic rings. The first-order chi connectivity index (χ1) is 8.51. The predicted octanol–water partition coefficient (Wildman–Crippen LogP) is 2.16. The molecule has 2 heterocycles. The second-order valence-electron chi connectivity index (χ2n) is 5.50. The van der Waals surface area contributed by atoms with E-state index in [4.69, 9.17) is 15.0 Å². The quantitative estimate of drug-likeness (QED) is 0.890. The molecule has 2 N–H and O–H groups in total. The molecule has 2 unspecified atom stereocenters. The minimum Gasteiger partial charge on any atom is -0.375 e. The summed E-state index contributed by atoms with van der Waals surface area (Å²) in [5, 5.41) is 4.06. The van der Waals surface area contributed by atoms with Gasteiger partial charge >= 0.3 is 0 Å². The van der Waals surface area contributed by atoms with Crippen LogP contribution < -0.4 is 5.73 Å². The number of aryl methyl sites for hydroxylation is 1. The standard InChI is InChI=1S/C13H23N3O2/c1-4-6-10-15-11(16-18-10)13(14)7-8-17-12(3,5-2)9-13/h4-9,14H2,1-3H3. The maximum atomic E-state index is 6.48. The molecule has 5 heteroatoms. The Morgan fingerprint density at radius 3 is 2.83 bits per heavy atom. The molecule has 18 heavy (non-hydrogen) atoms. The fourth-order valence-electron chi connectivity index (χ4n) is 2.48. The molecule has 1 saturated heterocycles. The van der Waals surface area contributed by atoms with Crippen LogP contribution in [0.2, 0.25) is 0 Å². The number of aromatic nitrogens is 2. The smallest absolute Gasteiger partial charge is 0.226 e. The van der Waals surface area contributed by atoms with Crippen molar-refractivity contribution in [3.63, 3.8) is 0 Å². The Hall–Kier alpha value is -0.940. The highest BCUT2D eigenvalue weighted by molar-refractivity contribution is 5.08. The molecule has 5 nitrogen and oxygen atoms in total. The van der Waals surface area contributed by atoms with Gasteiger partial charge in [0.2, 0.25) is 5.89 Å². The van der Waals surface area contributed by atoms with Crippen LogP contribution in [0.4, 0.5) is 0 Å². The highest BCUT2D eigenvalue weighted by atomic mass is 16.5. The molecule has 0 bridgehead atoms.